The van der Waals surface area contributed by atoms with E-state index in [0.717, 1.165) is 8.04 Å². The van der Waals surface area contributed by atoms with E-state index >= 15 is 0 Å². The van der Waals surface area contributed by atoms with Crippen LogP contribution in [0.25, 0.3) is 0 Å². The molecule has 0 unspecified atom stereocenters. The Bertz CT molecular complexity index is 344. The minimum Gasteiger partial charge on any atom is -0.483 e. The van der Waals surface area contributed by atoms with Crippen molar-refractivity contribution in [3.05, 3.63) is 26.2 Å². The Balaban J connectivity index is 2.66. The van der Waals surface area contributed by atoms with Crippen molar-refractivity contribution in [2.45, 2.75) is 0 Å². The van der Waals surface area contributed by atoms with E-state index in [1.165, 1.54) is 0 Å². The summed E-state index contributed by atoms with van der Waals surface area (Å²) < 4.78 is 7.24. The second kappa shape index (κ2) is 5.55. The summed E-state index contributed by atoms with van der Waals surface area (Å²) in [5.41, 5.74) is 0. The number of ether oxygens (including phenoxy) is 1. The highest BCUT2D eigenvalue weighted by Gasteiger charge is 2.04. The van der Waals surface area contributed by atoms with Gasteiger partial charge in [-0.2, -0.15) is 0 Å². The van der Waals surface area contributed by atoms with Gasteiger partial charge in [-0.15, -0.1) is 0 Å². The fourth-order valence-electron chi connectivity index (χ4n) is 0.803. The molecule has 3 nitrogen and oxygen atoms in total. The molecular weight excluding hydrogens is 361 g/mol. The van der Waals surface area contributed by atoms with E-state index in [1.807, 2.05) is 18.2 Å². The van der Waals surface area contributed by atoms with Crippen molar-refractivity contribution in [2.24, 2.45) is 0 Å². The fourth-order valence-corrected chi connectivity index (χ4v) is 1.63. The number of carbonyl (C=O) groups is 1. The Kier molecular flexibility index (Phi) is 4.67. The van der Waals surface area contributed by atoms with Crippen molar-refractivity contribution in [1.29, 1.82) is 0 Å². The highest BCUT2D eigenvalue weighted by Crippen LogP contribution is 2.24. The summed E-state index contributed by atoms with van der Waals surface area (Å²) in [6, 6.07) is 5.68. The molecular formula is C9H9BrINO2. The molecule has 0 radical (unpaired) electrons. The molecule has 0 heterocycles. The van der Waals surface area contributed by atoms with Crippen molar-refractivity contribution >= 4 is 44.4 Å². The zero-order valence-corrected chi connectivity index (χ0v) is 11.3. The SMILES string of the molecule is CNC(=O)COc1cc(Br)ccc1I. The van der Waals surface area contributed by atoms with Crippen LogP contribution in [0.2, 0.25) is 0 Å². The van der Waals surface area contributed by atoms with Gasteiger partial charge in [-0.1, -0.05) is 15.9 Å². The van der Waals surface area contributed by atoms with E-state index < -0.39 is 0 Å². The normalized spacial score (nSPS) is 9.64. The summed E-state index contributed by atoms with van der Waals surface area (Å²) in [6.45, 7) is 0.0446. The zero-order chi connectivity index (χ0) is 10.6. The molecule has 76 valence electrons. The van der Waals surface area contributed by atoms with Crippen molar-refractivity contribution < 1.29 is 9.53 Å². The van der Waals surface area contributed by atoms with Gasteiger partial charge in [0.2, 0.25) is 0 Å². The van der Waals surface area contributed by atoms with E-state index in [9.17, 15) is 4.79 Å². The zero-order valence-electron chi connectivity index (χ0n) is 7.51. The monoisotopic (exact) mass is 369 g/mol. The summed E-state index contributed by atoms with van der Waals surface area (Å²) in [7, 11) is 1.58. The predicted octanol–water partition coefficient (Wildman–Crippen LogP) is 2.18. The number of rotatable bonds is 3. The molecule has 0 aromatic heterocycles. The standard InChI is InChI=1S/C9H9BrINO2/c1-12-9(13)5-14-8-4-6(10)2-3-7(8)11/h2-4H,5H2,1H3,(H,12,13). The first kappa shape index (κ1) is 11.8. The number of halogens is 2. The Morgan fingerprint density at radius 1 is 1.64 bits per heavy atom. The predicted molar refractivity (Wildman–Crippen MR) is 66.4 cm³/mol. The third-order valence-corrected chi connectivity index (χ3v) is 2.92. The van der Waals surface area contributed by atoms with Crippen LogP contribution in [0.15, 0.2) is 22.7 Å². The average Bonchev–Trinajstić information content (AvgIpc) is 2.19. The van der Waals surface area contributed by atoms with Crippen LogP contribution in [0.4, 0.5) is 0 Å². The number of benzene rings is 1. The molecule has 1 rings (SSSR count). The third kappa shape index (κ3) is 3.45. The summed E-state index contributed by atoms with van der Waals surface area (Å²) in [5, 5.41) is 2.49. The lowest BCUT2D eigenvalue weighted by atomic mass is 10.3. The van der Waals surface area contributed by atoms with Crippen LogP contribution >= 0.6 is 38.5 Å². The lowest BCUT2D eigenvalue weighted by Crippen LogP contribution is -2.25. The molecule has 0 aliphatic heterocycles. The van der Waals surface area contributed by atoms with Gasteiger partial charge in [0.15, 0.2) is 6.61 Å². The second-order valence-corrected chi connectivity index (χ2v) is 4.61. The first-order valence-corrected chi connectivity index (χ1v) is 5.79. The number of likely N-dealkylation sites (N-methyl/N-ethyl adjacent to an activating group) is 1. The first-order valence-electron chi connectivity index (χ1n) is 3.92. The molecule has 1 N–H and O–H groups in total. The summed E-state index contributed by atoms with van der Waals surface area (Å²) in [4.78, 5) is 10.9. The van der Waals surface area contributed by atoms with E-state index in [2.05, 4.69) is 43.8 Å². The highest BCUT2D eigenvalue weighted by atomic mass is 127. The molecule has 0 saturated carbocycles. The molecule has 1 aromatic rings. The van der Waals surface area contributed by atoms with Crippen molar-refractivity contribution in [3.8, 4) is 5.75 Å². The van der Waals surface area contributed by atoms with Crippen LogP contribution in [0.3, 0.4) is 0 Å². The molecule has 0 fully saturated rings. The minimum absolute atomic E-state index is 0.0446. The first-order chi connectivity index (χ1) is 6.63. The molecule has 1 amide bonds. The number of nitrogens with one attached hydrogen (secondary N) is 1. The van der Waals surface area contributed by atoms with Crippen LogP contribution in [0, 0.1) is 3.57 Å². The lowest BCUT2D eigenvalue weighted by Gasteiger charge is -2.07. The molecule has 0 aliphatic rings. The van der Waals surface area contributed by atoms with Crippen LogP contribution in [-0.2, 0) is 4.79 Å². The topological polar surface area (TPSA) is 38.3 Å². The summed E-state index contributed by atoms with van der Waals surface area (Å²) >= 11 is 5.49. The molecule has 0 spiro atoms. The van der Waals surface area contributed by atoms with Gasteiger partial charge in [0.1, 0.15) is 5.75 Å². The van der Waals surface area contributed by atoms with E-state index in [0.29, 0.717) is 5.75 Å². The third-order valence-electron chi connectivity index (χ3n) is 1.53. The van der Waals surface area contributed by atoms with Gasteiger partial charge < -0.3 is 10.1 Å². The van der Waals surface area contributed by atoms with Crippen LogP contribution in [0.1, 0.15) is 0 Å². The average molecular weight is 370 g/mol. The van der Waals surface area contributed by atoms with Crippen molar-refractivity contribution in [1.82, 2.24) is 5.32 Å². The van der Waals surface area contributed by atoms with Gasteiger partial charge in [-0.3, -0.25) is 4.79 Å². The van der Waals surface area contributed by atoms with Gasteiger partial charge in [-0.05, 0) is 40.8 Å². The van der Waals surface area contributed by atoms with Gasteiger partial charge in [0, 0.05) is 11.5 Å². The maximum absolute atomic E-state index is 10.9. The van der Waals surface area contributed by atoms with Crippen LogP contribution in [0.5, 0.6) is 5.75 Å². The second-order valence-electron chi connectivity index (χ2n) is 2.54. The van der Waals surface area contributed by atoms with Gasteiger partial charge in [0.25, 0.3) is 5.91 Å². The van der Waals surface area contributed by atoms with E-state index in [1.54, 1.807) is 7.05 Å². The van der Waals surface area contributed by atoms with Crippen molar-refractivity contribution in [3.63, 3.8) is 0 Å². The van der Waals surface area contributed by atoms with Crippen LogP contribution in [-0.4, -0.2) is 19.6 Å². The number of amides is 1. The quantitative estimate of drug-likeness (QED) is 0.829. The number of carbonyl (C=O) groups excluding carboxylic acids is 1. The Morgan fingerprint density at radius 3 is 3.00 bits per heavy atom. The van der Waals surface area contributed by atoms with Crippen molar-refractivity contribution in [2.75, 3.05) is 13.7 Å². The molecule has 14 heavy (non-hydrogen) atoms. The maximum Gasteiger partial charge on any atom is 0.257 e. The number of hydrogen-bond acceptors (Lipinski definition) is 2. The Morgan fingerprint density at radius 2 is 2.36 bits per heavy atom. The van der Waals surface area contributed by atoms with E-state index in [-0.39, 0.29) is 12.5 Å². The van der Waals surface area contributed by atoms with E-state index in [4.69, 9.17) is 4.74 Å². The largest absolute Gasteiger partial charge is 0.483 e. The van der Waals surface area contributed by atoms with Crippen LogP contribution < -0.4 is 10.1 Å². The number of hydrogen-bond donors (Lipinski definition) is 1. The minimum atomic E-state index is -0.138. The van der Waals surface area contributed by atoms with Gasteiger partial charge in [-0.25, -0.2) is 0 Å². The lowest BCUT2D eigenvalue weighted by molar-refractivity contribution is -0.122. The molecule has 1 aromatic carbocycles. The summed E-state index contributed by atoms with van der Waals surface area (Å²) in [5.74, 6) is 0.573. The Hall–Kier alpha value is -0.300. The molecule has 0 saturated heterocycles. The maximum atomic E-state index is 10.9. The fraction of sp³-hybridized carbons (Fsp3) is 0.222. The Labute approximate surface area is 104 Å². The van der Waals surface area contributed by atoms with Gasteiger partial charge in [0.05, 0.1) is 3.57 Å². The molecule has 0 bridgehead atoms. The smallest absolute Gasteiger partial charge is 0.257 e. The molecule has 5 heteroatoms. The summed E-state index contributed by atoms with van der Waals surface area (Å²) in [6.07, 6.45) is 0. The van der Waals surface area contributed by atoms with Gasteiger partial charge >= 0.3 is 0 Å². The molecule has 0 aliphatic carbocycles. The highest BCUT2D eigenvalue weighted by molar-refractivity contribution is 14.1. The molecule has 0 atom stereocenters.